The molecule has 27 heavy (non-hydrogen) atoms. The Balaban J connectivity index is 1.48. The van der Waals surface area contributed by atoms with Crippen molar-refractivity contribution in [2.24, 2.45) is 0 Å². The number of hydrogen-bond acceptors (Lipinski definition) is 4. The second kappa shape index (κ2) is 7.70. The summed E-state index contributed by atoms with van der Waals surface area (Å²) in [5.74, 6) is -0.236. The Morgan fingerprint density at radius 1 is 1.07 bits per heavy atom. The van der Waals surface area contributed by atoms with Crippen molar-refractivity contribution in [1.29, 1.82) is 0 Å². The van der Waals surface area contributed by atoms with Crippen molar-refractivity contribution in [3.63, 3.8) is 0 Å². The number of carbonyl (C=O) groups excluding carboxylic acids is 1. The maximum Gasteiger partial charge on any atom is 0.250 e. The second-order valence-corrected chi connectivity index (χ2v) is 7.08. The van der Waals surface area contributed by atoms with Gasteiger partial charge in [-0.25, -0.2) is 4.98 Å². The van der Waals surface area contributed by atoms with Gasteiger partial charge in [0.25, 0.3) is 0 Å². The van der Waals surface area contributed by atoms with Crippen LogP contribution in [-0.2, 0) is 4.79 Å². The lowest BCUT2D eigenvalue weighted by Gasteiger charge is -2.01. The van der Waals surface area contributed by atoms with E-state index in [9.17, 15) is 4.79 Å². The SMILES string of the molecule is O=C(/C=C/c1cccc2cccnc12)Nc1nc(-c2ccc(Cl)cc2)cs1. The molecule has 1 amide bonds. The molecule has 0 aliphatic heterocycles. The van der Waals surface area contributed by atoms with Crippen molar-refractivity contribution in [3.8, 4) is 11.3 Å². The Hall–Kier alpha value is -3.02. The highest BCUT2D eigenvalue weighted by Crippen LogP contribution is 2.26. The van der Waals surface area contributed by atoms with Gasteiger partial charge >= 0.3 is 0 Å². The number of thiazole rings is 1. The molecule has 0 radical (unpaired) electrons. The molecule has 4 rings (SSSR count). The van der Waals surface area contributed by atoms with Crippen LogP contribution in [0.5, 0.6) is 0 Å². The Kier molecular flexibility index (Phi) is 4.96. The van der Waals surface area contributed by atoms with Crippen LogP contribution in [0.2, 0.25) is 5.02 Å². The van der Waals surface area contributed by atoms with Gasteiger partial charge in [0, 0.05) is 39.2 Å². The summed E-state index contributed by atoms with van der Waals surface area (Å²) < 4.78 is 0. The number of nitrogens with zero attached hydrogens (tertiary/aromatic N) is 2. The normalized spacial score (nSPS) is 11.1. The number of aromatic nitrogens is 2. The van der Waals surface area contributed by atoms with E-state index >= 15 is 0 Å². The van der Waals surface area contributed by atoms with Crippen LogP contribution < -0.4 is 5.32 Å². The van der Waals surface area contributed by atoms with E-state index in [0.29, 0.717) is 10.2 Å². The summed E-state index contributed by atoms with van der Waals surface area (Å²) in [6.07, 6.45) is 5.00. The number of benzene rings is 2. The number of anilines is 1. The van der Waals surface area contributed by atoms with Gasteiger partial charge in [0.1, 0.15) is 0 Å². The Morgan fingerprint density at radius 2 is 1.89 bits per heavy atom. The standard InChI is InChI=1S/C21H14ClN3OS/c22-17-9-6-14(7-10-17)18-13-27-21(24-18)25-19(26)11-8-16-4-1-3-15-5-2-12-23-20(15)16/h1-13H,(H,24,25,26)/b11-8+. The predicted molar refractivity (Wildman–Crippen MR) is 112 cm³/mol. The third-order valence-corrected chi connectivity index (χ3v) is 4.96. The molecule has 1 N–H and O–H groups in total. The van der Waals surface area contributed by atoms with Gasteiger partial charge in [0.15, 0.2) is 5.13 Å². The van der Waals surface area contributed by atoms with Gasteiger partial charge in [-0.3, -0.25) is 15.1 Å². The number of pyridine rings is 1. The molecule has 2 aromatic carbocycles. The average Bonchev–Trinajstić information content (AvgIpc) is 3.15. The zero-order chi connectivity index (χ0) is 18.6. The molecule has 0 aliphatic carbocycles. The quantitative estimate of drug-likeness (QED) is 0.456. The number of amides is 1. The minimum absolute atomic E-state index is 0.236. The molecule has 2 heterocycles. The van der Waals surface area contributed by atoms with Crippen molar-refractivity contribution in [1.82, 2.24) is 9.97 Å². The molecule has 0 fully saturated rings. The molecule has 6 heteroatoms. The van der Waals surface area contributed by atoms with Gasteiger partial charge in [-0.1, -0.05) is 48.0 Å². The highest BCUT2D eigenvalue weighted by Gasteiger charge is 2.07. The second-order valence-electron chi connectivity index (χ2n) is 5.79. The maximum atomic E-state index is 12.2. The molecule has 2 aromatic heterocycles. The van der Waals surface area contributed by atoms with E-state index in [1.807, 2.05) is 60.0 Å². The molecule has 0 spiro atoms. The minimum atomic E-state index is -0.236. The highest BCUT2D eigenvalue weighted by atomic mass is 35.5. The van der Waals surface area contributed by atoms with Gasteiger partial charge in [-0.05, 0) is 24.3 Å². The molecule has 0 saturated carbocycles. The summed E-state index contributed by atoms with van der Waals surface area (Å²) in [7, 11) is 0. The predicted octanol–water partition coefficient (Wildman–Crippen LogP) is 5.66. The fourth-order valence-corrected chi connectivity index (χ4v) is 3.51. The van der Waals surface area contributed by atoms with Gasteiger partial charge in [-0.15, -0.1) is 11.3 Å². The number of hydrogen-bond donors (Lipinski definition) is 1. The number of para-hydroxylation sites is 1. The monoisotopic (exact) mass is 391 g/mol. The molecule has 4 aromatic rings. The van der Waals surface area contributed by atoms with E-state index in [-0.39, 0.29) is 5.91 Å². The first kappa shape index (κ1) is 17.4. The molecule has 0 aliphatic rings. The van der Waals surface area contributed by atoms with E-state index in [0.717, 1.165) is 27.7 Å². The third-order valence-electron chi connectivity index (χ3n) is 3.95. The number of carbonyl (C=O) groups is 1. The fourth-order valence-electron chi connectivity index (χ4n) is 2.66. The van der Waals surface area contributed by atoms with Crippen LogP contribution in [0.3, 0.4) is 0 Å². The van der Waals surface area contributed by atoms with Gasteiger partial charge in [-0.2, -0.15) is 0 Å². The van der Waals surface area contributed by atoms with Crippen molar-refractivity contribution in [2.75, 3.05) is 5.32 Å². The summed E-state index contributed by atoms with van der Waals surface area (Å²) in [5.41, 5.74) is 3.51. The summed E-state index contributed by atoms with van der Waals surface area (Å²) in [6.45, 7) is 0. The fraction of sp³-hybridized carbons (Fsp3) is 0. The highest BCUT2D eigenvalue weighted by molar-refractivity contribution is 7.14. The zero-order valence-electron chi connectivity index (χ0n) is 14.1. The lowest BCUT2D eigenvalue weighted by atomic mass is 10.1. The van der Waals surface area contributed by atoms with Crippen LogP contribution in [0.4, 0.5) is 5.13 Å². The molecular weight excluding hydrogens is 378 g/mol. The van der Waals surface area contributed by atoms with Crippen LogP contribution in [0, 0.1) is 0 Å². The number of nitrogens with one attached hydrogen (secondary N) is 1. The Labute approximate surface area is 165 Å². The van der Waals surface area contributed by atoms with E-state index < -0.39 is 0 Å². The van der Waals surface area contributed by atoms with E-state index in [2.05, 4.69) is 15.3 Å². The average molecular weight is 392 g/mol. The first-order valence-electron chi connectivity index (χ1n) is 8.23. The molecule has 4 nitrogen and oxygen atoms in total. The van der Waals surface area contributed by atoms with Crippen LogP contribution in [-0.4, -0.2) is 15.9 Å². The molecule has 0 saturated heterocycles. The van der Waals surface area contributed by atoms with Crippen molar-refractivity contribution in [3.05, 3.63) is 82.8 Å². The number of rotatable bonds is 4. The topological polar surface area (TPSA) is 54.9 Å². The van der Waals surface area contributed by atoms with Crippen molar-refractivity contribution in [2.45, 2.75) is 0 Å². The molecule has 0 atom stereocenters. The zero-order valence-corrected chi connectivity index (χ0v) is 15.7. The van der Waals surface area contributed by atoms with Crippen LogP contribution in [0.25, 0.3) is 28.2 Å². The first-order valence-corrected chi connectivity index (χ1v) is 9.49. The maximum absolute atomic E-state index is 12.2. The first-order chi connectivity index (χ1) is 13.2. The van der Waals surface area contributed by atoms with Crippen LogP contribution in [0.1, 0.15) is 5.56 Å². The van der Waals surface area contributed by atoms with Crippen LogP contribution in [0.15, 0.2) is 72.3 Å². The van der Waals surface area contributed by atoms with Gasteiger partial charge in [0.05, 0.1) is 11.2 Å². The van der Waals surface area contributed by atoms with E-state index in [1.165, 1.54) is 17.4 Å². The van der Waals surface area contributed by atoms with Crippen LogP contribution >= 0.6 is 22.9 Å². The number of fused-ring (bicyclic) bond motifs is 1. The summed E-state index contributed by atoms with van der Waals surface area (Å²) in [4.78, 5) is 21.1. The largest absolute Gasteiger partial charge is 0.298 e. The Morgan fingerprint density at radius 3 is 2.74 bits per heavy atom. The molecular formula is C21H14ClN3OS. The van der Waals surface area contributed by atoms with E-state index in [1.54, 1.807) is 12.3 Å². The van der Waals surface area contributed by atoms with Crippen molar-refractivity contribution >= 4 is 51.0 Å². The Bertz CT molecular complexity index is 1130. The molecule has 0 unspecified atom stereocenters. The summed E-state index contributed by atoms with van der Waals surface area (Å²) in [6, 6.07) is 17.2. The molecule has 0 bridgehead atoms. The lowest BCUT2D eigenvalue weighted by molar-refractivity contribution is -0.111. The number of halogens is 1. The smallest absolute Gasteiger partial charge is 0.250 e. The minimum Gasteiger partial charge on any atom is -0.298 e. The van der Waals surface area contributed by atoms with Gasteiger partial charge in [0.2, 0.25) is 5.91 Å². The van der Waals surface area contributed by atoms with E-state index in [4.69, 9.17) is 11.6 Å². The summed E-state index contributed by atoms with van der Waals surface area (Å²) >= 11 is 7.29. The third kappa shape index (κ3) is 4.05. The summed E-state index contributed by atoms with van der Waals surface area (Å²) in [5, 5.41) is 6.96. The van der Waals surface area contributed by atoms with Gasteiger partial charge < -0.3 is 0 Å². The molecule has 132 valence electrons. The lowest BCUT2D eigenvalue weighted by Crippen LogP contribution is -2.07. The van der Waals surface area contributed by atoms with Crippen molar-refractivity contribution < 1.29 is 4.79 Å².